The summed E-state index contributed by atoms with van der Waals surface area (Å²) in [4.78, 5) is 26.7. The fourth-order valence-electron chi connectivity index (χ4n) is 8.22. The van der Waals surface area contributed by atoms with E-state index in [-0.39, 0.29) is 13.0 Å². The Bertz CT molecular complexity index is 1440. The molecule has 7 nitrogen and oxygen atoms in total. The second-order valence-electron chi connectivity index (χ2n) is 12.7. The first kappa shape index (κ1) is 27.1. The molecule has 4 N–H and O–H groups in total. The summed E-state index contributed by atoms with van der Waals surface area (Å²) < 4.78 is 6.06. The highest BCUT2D eigenvalue weighted by atomic mass is 16.6. The lowest BCUT2D eigenvalue weighted by Gasteiger charge is -2.52. The van der Waals surface area contributed by atoms with Gasteiger partial charge >= 0.3 is 5.97 Å². The lowest BCUT2D eigenvalue weighted by Crippen LogP contribution is -2.65. The van der Waals surface area contributed by atoms with Gasteiger partial charge in [0, 0.05) is 35.5 Å². The van der Waals surface area contributed by atoms with Gasteiger partial charge in [-0.25, -0.2) is 4.79 Å². The molecular formula is C33H36O7. The number of ether oxygens (including phenoxy) is 1. The fraction of sp³-hybridized carbons (Fsp3) is 0.455. The summed E-state index contributed by atoms with van der Waals surface area (Å²) in [6, 6.07) is 16.8. The Morgan fingerprint density at radius 1 is 0.975 bits per heavy atom. The number of rotatable bonds is 4. The number of aliphatic hydroxyl groups is 4. The molecule has 0 radical (unpaired) electrons. The molecule has 6 rings (SSSR count). The molecule has 4 aliphatic carbocycles. The predicted molar refractivity (Wildman–Crippen MR) is 148 cm³/mol. The van der Waals surface area contributed by atoms with Crippen LogP contribution in [0.4, 0.5) is 0 Å². The van der Waals surface area contributed by atoms with Crippen molar-refractivity contribution in [3.05, 3.63) is 83.5 Å². The van der Waals surface area contributed by atoms with E-state index < -0.39 is 63.7 Å². The predicted octanol–water partition coefficient (Wildman–Crippen LogP) is 3.46. The molecule has 0 bridgehead atoms. The van der Waals surface area contributed by atoms with E-state index in [0.717, 1.165) is 11.1 Å². The van der Waals surface area contributed by atoms with Gasteiger partial charge in [-0.1, -0.05) is 75.4 Å². The summed E-state index contributed by atoms with van der Waals surface area (Å²) >= 11 is 0. The van der Waals surface area contributed by atoms with Crippen LogP contribution in [0.3, 0.4) is 0 Å². The van der Waals surface area contributed by atoms with Crippen LogP contribution >= 0.6 is 0 Å². The van der Waals surface area contributed by atoms with Gasteiger partial charge in [0.1, 0.15) is 17.3 Å². The standard InChI is InChI=1S/C33H36O7/c1-18-14-25-31(37,27(18)35)16-20(17-34)15-24-26-30(3,4)33(26,39)28(19(2)32(24,25)38)40-29(36)23-12-10-22(11-13-23)21-8-6-5-7-9-21/h5-15,19,24-26,28,34,37-39H,16-17H2,1-4H3/t19-,24+,25-,26+,28-,31-,32-,33-/m1/s1. The molecule has 0 amide bonds. The Morgan fingerprint density at radius 2 is 1.60 bits per heavy atom. The maximum absolute atomic E-state index is 13.5. The summed E-state index contributed by atoms with van der Waals surface area (Å²) in [6.07, 6.45) is 2.12. The number of aliphatic hydroxyl groups excluding tert-OH is 1. The van der Waals surface area contributed by atoms with E-state index in [0.29, 0.717) is 16.7 Å². The van der Waals surface area contributed by atoms with E-state index in [2.05, 4.69) is 0 Å². The van der Waals surface area contributed by atoms with Crippen molar-refractivity contribution in [3.8, 4) is 11.1 Å². The second-order valence-corrected chi connectivity index (χ2v) is 12.7. The maximum atomic E-state index is 13.5. The monoisotopic (exact) mass is 544 g/mol. The van der Waals surface area contributed by atoms with Gasteiger partial charge in [-0.05, 0) is 41.3 Å². The van der Waals surface area contributed by atoms with Crippen molar-refractivity contribution in [2.75, 3.05) is 6.61 Å². The number of Topliss-reactive ketones (excluding diaryl/α,β-unsaturated/α-hetero) is 1. The summed E-state index contributed by atoms with van der Waals surface area (Å²) in [7, 11) is 0. The highest BCUT2D eigenvalue weighted by molar-refractivity contribution is 6.04. The van der Waals surface area contributed by atoms with Crippen LogP contribution in [0.2, 0.25) is 0 Å². The van der Waals surface area contributed by atoms with E-state index in [1.807, 2.05) is 56.3 Å². The number of hydrogen-bond acceptors (Lipinski definition) is 7. The largest absolute Gasteiger partial charge is 0.455 e. The Balaban J connectivity index is 1.38. The first-order valence-corrected chi connectivity index (χ1v) is 13.9. The molecule has 40 heavy (non-hydrogen) atoms. The zero-order chi connectivity index (χ0) is 28.8. The summed E-state index contributed by atoms with van der Waals surface area (Å²) in [5, 5.41) is 46.5. The second kappa shape index (κ2) is 8.70. The van der Waals surface area contributed by atoms with Crippen molar-refractivity contribution in [2.45, 2.75) is 57.0 Å². The van der Waals surface area contributed by atoms with Crippen molar-refractivity contribution >= 4 is 11.8 Å². The van der Waals surface area contributed by atoms with Crippen molar-refractivity contribution < 1.29 is 34.8 Å². The minimum Gasteiger partial charge on any atom is -0.455 e. The fourth-order valence-corrected chi connectivity index (χ4v) is 8.22. The molecule has 2 aromatic rings. The van der Waals surface area contributed by atoms with Gasteiger partial charge in [0.05, 0.1) is 17.8 Å². The molecule has 0 heterocycles. The minimum atomic E-state index is -1.94. The number of fused-ring (bicyclic) bond motifs is 5. The number of ketones is 1. The van der Waals surface area contributed by atoms with Crippen molar-refractivity contribution in [1.29, 1.82) is 0 Å². The normalized spacial score (nSPS) is 39.2. The highest BCUT2D eigenvalue weighted by Gasteiger charge is 2.85. The third-order valence-corrected chi connectivity index (χ3v) is 10.5. The molecule has 0 spiro atoms. The van der Waals surface area contributed by atoms with Crippen molar-refractivity contribution in [1.82, 2.24) is 0 Å². The highest BCUT2D eigenvalue weighted by Crippen LogP contribution is 2.75. The molecule has 8 atom stereocenters. The number of hydrogen-bond donors (Lipinski definition) is 4. The Kier molecular flexibility index (Phi) is 5.89. The molecule has 2 saturated carbocycles. The van der Waals surface area contributed by atoms with Crippen molar-refractivity contribution in [2.24, 2.45) is 29.1 Å². The third kappa shape index (κ3) is 3.38. The molecule has 7 heteroatoms. The van der Waals surface area contributed by atoms with E-state index in [1.54, 1.807) is 38.1 Å². The third-order valence-electron chi connectivity index (χ3n) is 10.5. The topological polar surface area (TPSA) is 124 Å². The lowest BCUT2D eigenvalue weighted by molar-refractivity contribution is -0.209. The molecule has 4 aliphatic rings. The van der Waals surface area contributed by atoms with Crippen LogP contribution in [0.5, 0.6) is 0 Å². The average molecular weight is 545 g/mol. The van der Waals surface area contributed by atoms with Crippen LogP contribution in [0.15, 0.2) is 77.9 Å². The van der Waals surface area contributed by atoms with E-state index in [9.17, 15) is 30.0 Å². The Labute approximate surface area is 233 Å². The van der Waals surface area contributed by atoms with E-state index in [4.69, 9.17) is 4.74 Å². The Morgan fingerprint density at radius 3 is 2.23 bits per heavy atom. The number of esters is 1. The van der Waals surface area contributed by atoms with Gasteiger partial charge in [0.25, 0.3) is 0 Å². The van der Waals surface area contributed by atoms with Crippen LogP contribution in [-0.4, -0.2) is 61.7 Å². The zero-order valence-electron chi connectivity index (χ0n) is 23.2. The number of carbonyl (C=O) groups is 2. The maximum Gasteiger partial charge on any atom is 0.338 e. The molecule has 0 aliphatic heterocycles. The SMILES string of the molecule is CC1=C[C@H]2[C@@]3(O)[C@H](C)[C@@H](OC(=O)c4ccc(-c5ccccc5)cc4)[C@]4(O)[C@@H]([C@@H]3C=C(CO)C[C@]2(O)C1=O)C4(C)C. The molecule has 2 fully saturated rings. The molecule has 0 saturated heterocycles. The molecule has 0 aromatic heterocycles. The lowest BCUT2D eigenvalue weighted by atomic mass is 9.59. The van der Waals surface area contributed by atoms with Gasteiger partial charge in [-0.2, -0.15) is 0 Å². The number of carbonyl (C=O) groups excluding carboxylic acids is 2. The van der Waals surface area contributed by atoms with Gasteiger partial charge in [0.15, 0.2) is 5.78 Å². The Hall–Kier alpha value is -3.10. The summed E-state index contributed by atoms with van der Waals surface area (Å²) in [5.41, 5.74) is -2.82. The smallest absolute Gasteiger partial charge is 0.338 e. The van der Waals surface area contributed by atoms with Crippen molar-refractivity contribution in [3.63, 3.8) is 0 Å². The molecule has 0 unspecified atom stereocenters. The van der Waals surface area contributed by atoms with Crippen LogP contribution in [-0.2, 0) is 9.53 Å². The first-order chi connectivity index (χ1) is 18.8. The molecule has 210 valence electrons. The van der Waals surface area contributed by atoms with E-state index in [1.165, 1.54) is 0 Å². The van der Waals surface area contributed by atoms with Gasteiger partial charge in [0.2, 0.25) is 0 Å². The number of benzene rings is 2. The summed E-state index contributed by atoms with van der Waals surface area (Å²) in [5.74, 6) is -4.18. The van der Waals surface area contributed by atoms with Gasteiger partial charge in [-0.15, -0.1) is 0 Å². The zero-order valence-corrected chi connectivity index (χ0v) is 23.2. The quantitative estimate of drug-likeness (QED) is 0.343. The van der Waals surface area contributed by atoms with Crippen LogP contribution in [0.1, 0.15) is 44.5 Å². The van der Waals surface area contributed by atoms with Crippen LogP contribution in [0, 0.1) is 29.1 Å². The van der Waals surface area contributed by atoms with Crippen LogP contribution in [0.25, 0.3) is 11.1 Å². The van der Waals surface area contributed by atoms with Gasteiger partial charge in [-0.3, -0.25) is 4.79 Å². The summed E-state index contributed by atoms with van der Waals surface area (Å²) in [6.45, 7) is 6.67. The van der Waals surface area contributed by atoms with Gasteiger partial charge < -0.3 is 25.2 Å². The molecular weight excluding hydrogens is 508 g/mol. The first-order valence-electron chi connectivity index (χ1n) is 13.9. The van der Waals surface area contributed by atoms with E-state index >= 15 is 0 Å². The van der Waals surface area contributed by atoms with Crippen LogP contribution < -0.4 is 0 Å². The minimum absolute atomic E-state index is 0.115. The molecule has 2 aromatic carbocycles. The average Bonchev–Trinajstić information content (AvgIpc) is 3.34.